The van der Waals surface area contributed by atoms with Gasteiger partial charge in [0.05, 0.1) is 4.90 Å². The van der Waals surface area contributed by atoms with Gasteiger partial charge >= 0.3 is 5.97 Å². The number of rotatable bonds is 3. The lowest BCUT2D eigenvalue weighted by Gasteiger charge is -2.35. The van der Waals surface area contributed by atoms with Crippen LogP contribution in [0.15, 0.2) is 23.1 Å². The maximum Gasteiger partial charge on any atom is 0.322 e. The van der Waals surface area contributed by atoms with Crippen LogP contribution >= 0.6 is 0 Å². The van der Waals surface area contributed by atoms with Crippen molar-refractivity contribution in [2.24, 2.45) is 5.92 Å². The van der Waals surface area contributed by atoms with Gasteiger partial charge in [0.1, 0.15) is 6.04 Å². The summed E-state index contributed by atoms with van der Waals surface area (Å²) in [6, 6.07) is 4.12. The van der Waals surface area contributed by atoms with Gasteiger partial charge < -0.3 is 5.11 Å². The standard InChI is InChI=1S/C15H21NO4S/c1-10-4-5-16(14(9-10)15(17)18)21(19,20)13-7-11(2)6-12(3)8-13/h6-8,10,14H,4-5,9H2,1-3H3,(H,17,18). The van der Waals surface area contributed by atoms with Crippen LogP contribution in [0, 0.1) is 19.8 Å². The van der Waals surface area contributed by atoms with E-state index in [4.69, 9.17) is 0 Å². The van der Waals surface area contributed by atoms with E-state index in [9.17, 15) is 18.3 Å². The molecule has 2 atom stereocenters. The Hall–Kier alpha value is -1.40. The molecule has 1 aromatic carbocycles. The van der Waals surface area contributed by atoms with E-state index in [0.29, 0.717) is 12.8 Å². The zero-order chi connectivity index (χ0) is 15.8. The number of aliphatic carboxylic acids is 1. The predicted molar refractivity (Wildman–Crippen MR) is 79.6 cm³/mol. The lowest BCUT2D eigenvalue weighted by atomic mass is 9.94. The number of aryl methyl sites for hydroxylation is 2. The number of hydrogen-bond acceptors (Lipinski definition) is 3. The minimum absolute atomic E-state index is 0.181. The molecule has 2 unspecified atom stereocenters. The van der Waals surface area contributed by atoms with E-state index in [0.717, 1.165) is 15.4 Å². The van der Waals surface area contributed by atoms with Crippen molar-refractivity contribution in [3.8, 4) is 0 Å². The van der Waals surface area contributed by atoms with Crippen LogP contribution in [0.4, 0.5) is 0 Å². The second-order valence-electron chi connectivity index (χ2n) is 5.92. The molecule has 0 bridgehead atoms. The van der Waals surface area contributed by atoms with E-state index < -0.39 is 22.0 Å². The van der Waals surface area contributed by atoms with Gasteiger partial charge in [0, 0.05) is 6.54 Å². The van der Waals surface area contributed by atoms with Gasteiger partial charge in [0.15, 0.2) is 0 Å². The summed E-state index contributed by atoms with van der Waals surface area (Å²) in [5.74, 6) is -0.855. The zero-order valence-corrected chi connectivity index (χ0v) is 13.4. The smallest absolute Gasteiger partial charge is 0.322 e. The lowest BCUT2D eigenvalue weighted by molar-refractivity contribution is -0.142. The highest BCUT2D eigenvalue weighted by Crippen LogP contribution is 2.29. The molecule has 0 saturated carbocycles. The number of sulfonamides is 1. The molecular formula is C15H21NO4S. The van der Waals surface area contributed by atoms with Crippen molar-refractivity contribution >= 4 is 16.0 Å². The molecule has 0 radical (unpaired) electrons. The topological polar surface area (TPSA) is 74.7 Å². The fraction of sp³-hybridized carbons (Fsp3) is 0.533. The van der Waals surface area contributed by atoms with E-state index >= 15 is 0 Å². The first-order valence-corrected chi connectivity index (χ1v) is 8.49. The Morgan fingerprint density at radius 1 is 1.24 bits per heavy atom. The Kier molecular flexibility index (Phi) is 4.39. The Morgan fingerprint density at radius 2 is 1.81 bits per heavy atom. The van der Waals surface area contributed by atoms with E-state index in [1.165, 1.54) is 0 Å². The van der Waals surface area contributed by atoms with Crippen molar-refractivity contribution in [3.63, 3.8) is 0 Å². The summed E-state index contributed by atoms with van der Waals surface area (Å²) in [7, 11) is -3.77. The van der Waals surface area contributed by atoms with Crippen molar-refractivity contribution in [3.05, 3.63) is 29.3 Å². The highest BCUT2D eigenvalue weighted by molar-refractivity contribution is 7.89. The molecule has 1 aromatic rings. The van der Waals surface area contributed by atoms with Crippen molar-refractivity contribution < 1.29 is 18.3 Å². The molecule has 6 heteroatoms. The number of carboxylic acid groups (broad SMARTS) is 1. The number of nitrogens with zero attached hydrogens (tertiary/aromatic N) is 1. The summed E-state index contributed by atoms with van der Waals surface area (Å²) < 4.78 is 26.7. The van der Waals surface area contributed by atoms with Gasteiger partial charge in [-0.05, 0) is 55.9 Å². The van der Waals surface area contributed by atoms with Gasteiger partial charge in [-0.1, -0.05) is 13.0 Å². The summed E-state index contributed by atoms with van der Waals surface area (Å²) in [6.45, 7) is 5.88. The molecule has 1 aliphatic heterocycles. The molecule has 1 aliphatic rings. The summed E-state index contributed by atoms with van der Waals surface area (Å²) >= 11 is 0. The van der Waals surface area contributed by atoms with Gasteiger partial charge in [-0.2, -0.15) is 4.31 Å². The first kappa shape index (κ1) is 16.0. The molecule has 1 saturated heterocycles. The molecule has 1 heterocycles. The normalized spacial score (nSPS) is 24.0. The Labute approximate surface area is 125 Å². The second kappa shape index (κ2) is 5.77. The lowest BCUT2D eigenvalue weighted by Crippen LogP contribution is -2.49. The van der Waals surface area contributed by atoms with Crippen LogP contribution in [0.3, 0.4) is 0 Å². The number of benzene rings is 1. The molecule has 1 fully saturated rings. The van der Waals surface area contributed by atoms with E-state index in [2.05, 4.69) is 0 Å². The van der Waals surface area contributed by atoms with Crippen LogP contribution in [-0.2, 0) is 14.8 Å². The van der Waals surface area contributed by atoms with Crippen LogP contribution < -0.4 is 0 Å². The van der Waals surface area contributed by atoms with Gasteiger partial charge in [0.25, 0.3) is 0 Å². The van der Waals surface area contributed by atoms with E-state index in [1.807, 2.05) is 26.8 Å². The SMILES string of the molecule is Cc1cc(C)cc(S(=O)(=O)N2CCC(C)CC2C(=O)O)c1. The quantitative estimate of drug-likeness (QED) is 0.928. The number of carboxylic acids is 1. The first-order chi connectivity index (χ1) is 9.71. The zero-order valence-electron chi connectivity index (χ0n) is 12.5. The molecule has 0 aromatic heterocycles. The van der Waals surface area contributed by atoms with Crippen LogP contribution in [0.5, 0.6) is 0 Å². The van der Waals surface area contributed by atoms with Crippen LogP contribution in [-0.4, -0.2) is 36.4 Å². The number of carbonyl (C=O) groups is 1. The highest BCUT2D eigenvalue weighted by atomic mass is 32.2. The molecule has 0 aliphatic carbocycles. The minimum atomic E-state index is -3.77. The molecule has 0 amide bonds. The van der Waals surface area contributed by atoms with Gasteiger partial charge in [0.2, 0.25) is 10.0 Å². The van der Waals surface area contributed by atoms with E-state index in [-0.39, 0.29) is 17.4 Å². The third-order valence-corrected chi connectivity index (χ3v) is 5.79. The fourth-order valence-electron chi connectivity index (χ4n) is 2.85. The molecule has 116 valence electrons. The van der Waals surface area contributed by atoms with Gasteiger partial charge in [-0.15, -0.1) is 0 Å². The first-order valence-electron chi connectivity index (χ1n) is 7.05. The summed E-state index contributed by atoms with van der Waals surface area (Å²) in [4.78, 5) is 11.6. The van der Waals surface area contributed by atoms with Gasteiger partial charge in [-0.25, -0.2) is 8.42 Å². The van der Waals surface area contributed by atoms with Gasteiger partial charge in [-0.3, -0.25) is 4.79 Å². The van der Waals surface area contributed by atoms with Crippen LogP contribution in [0.2, 0.25) is 0 Å². The third-order valence-electron chi connectivity index (χ3n) is 3.90. The number of piperidine rings is 1. The minimum Gasteiger partial charge on any atom is -0.480 e. The maximum atomic E-state index is 12.8. The Balaban J connectivity index is 2.44. The Bertz CT molecular complexity index is 633. The molecule has 5 nitrogen and oxygen atoms in total. The molecular weight excluding hydrogens is 290 g/mol. The fourth-order valence-corrected chi connectivity index (χ4v) is 4.65. The number of hydrogen-bond donors (Lipinski definition) is 1. The summed E-state index contributed by atoms with van der Waals surface area (Å²) in [5.41, 5.74) is 1.71. The monoisotopic (exact) mass is 311 g/mol. The Morgan fingerprint density at radius 3 is 2.33 bits per heavy atom. The van der Waals surface area contributed by atoms with Crippen LogP contribution in [0.1, 0.15) is 30.9 Å². The molecule has 21 heavy (non-hydrogen) atoms. The highest BCUT2D eigenvalue weighted by Gasteiger charge is 2.39. The largest absolute Gasteiger partial charge is 0.480 e. The molecule has 0 spiro atoms. The average molecular weight is 311 g/mol. The van der Waals surface area contributed by atoms with Crippen molar-refractivity contribution in [1.82, 2.24) is 4.31 Å². The van der Waals surface area contributed by atoms with Crippen LogP contribution in [0.25, 0.3) is 0 Å². The van der Waals surface area contributed by atoms with Crippen molar-refractivity contribution in [2.45, 2.75) is 44.6 Å². The molecule has 2 rings (SSSR count). The van der Waals surface area contributed by atoms with E-state index in [1.54, 1.807) is 12.1 Å². The average Bonchev–Trinajstić information content (AvgIpc) is 2.37. The second-order valence-corrected chi connectivity index (χ2v) is 7.81. The predicted octanol–water partition coefficient (Wildman–Crippen LogP) is 2.18. The third kappa shape index (κ3) is 3.27. The van der Waals surface area contributed by atoms with Crippen molar-refractivity contribution in [1.29, 1.82) is 0 Å². The summed E-state index contributed by atoms with van der Waals surface area (Å²) in [6.07, 6.45) is 1.05. The van der Waals surface area contributed by atoms with Crippen molar-refractivity contribution in [2.75, 3.05) is 6.54 Å². The summed E-state index contributed by atoms with van der Waals surface area (Å²) in [5, 5.41) is 9.34. The maximum absolute atomic E-state index is 12.8. The molecule has 1 N–H and O–H groups in total.